The molecule has 90 valence electrons. The lowest BCUT2D eigenvalue weighted by molar-refractivity contribution is 1.07. The van der Waals surface area contributed by atoms with Crippen LogP contribution in [-0.4, -0.2) is 9.55 Å². The fourth-order valence-corrected chi connectivity index (χ4v) is 2.20. The number of nitrogen functional groups attached to an aromatic ring is 1. The number of anilines is 1. The summed E-state index contributed by atoms with van der Waals surface area (Å²) in [6.07, 6.45) is 1.85. The van der Waals surface area contributed by atoms with E-state index < -0.39 is 0 Å². The van der Waals surface area contributed by atoms with Crippen LogP contribution in [0.4, 0.5) is 5.69 Å². The minimum absolute atomic E-state index is 0.744. The van der Waals surface area contributed by atoms with Crippen molar-refractivity contribution in [3.05, 3.63) is 53.9 Å². The number of hydrogen-bond acceptors (Lipinski definition) is 2. The fraction of sp³-hybridized carbons (Fsp3) is 0.133. The van der Waals surface area contributed by atoms with Gasteiger partial charge in [0.25, 0.3) is 0 Å². The molecule has 2 N–H and O–H groups in total. The predicted molar refractivity (Wildman–Crippen MR) is 75.0 cm³/mol. The summed E-state index contributed by atoms with van der Waals surface area (Å²) in [4.78, 5) is 4.41. The Morgan fingerprint density at radius 2 is 1.89 bits per heavy atom. The topological polar surface area (TPSA) is 43.8 Å². The van der Waals surface area contributed by atoms with E-state index in [1.807, 2.05) is 24.5 Å². The molecule has 3 rings (SSSR count). The van der Waals surface area contributed by atoms with Crippen molar-refractivity contribution >= 4 is 16.7 Å². The molecule has 0 aliphatic rings. The van der Waals surface area contributed by atoms with Gasteiger partial charge in [-0.05, 0) is 49.2 Å². The molecule has 0 radical (unpaired) electrons. The van der Waals surface area contributed by atoms with Crippen molar-refractivity contribution in [1.82, 2.24) is 9.55 Å². The van der Waals surface area contributed by atoms with Crippen LogP contribution in [0.1, 0.15) is 11.1 Å². The second-order valence-corrected chi connectivity index (χ2v) is 4.65. The van der Waals surface area contributed by atoms with Gasteiger partial charge in [0, 0.05) is 5.69 Å². The summed E-state index contributed by atoms with van der Waals surface area (Å²) in [6, 6.07) is 12.2. The first-order valence-electron chi connectivity index (χ1n) is 5.95. The monoisotopic (exact) mass is 237 g/mol. The number of hydrogen-bond donors (Lipinski definition) is 1. The Morgan fingerprint density at radius 1 is 1.06 bits per heavy atom. The first-order valence-corrected chi connectivity index (χ1v) is 5.95. The van der Waals surface area contributed by atoms with Crippen LogP contribution in [0.25, 0.3) is 16.7 Å². The highest BCUT2D eigenvalue weighted by Crippen LogP contribution is 2.23. The zero-order valence-electron chi connectivity index (χ0n) is 10.5. The summed E-state index contributed by atoms with van der Waals surface area (Å²) in [5.74, 6) is 0. The van der Waals surface area contributed by atoms with E-state index in [-0.39, 0.29) is 0 Å². The van der Waals surface area contributed by atoms with Crippen molar-refractivity contribution < 1.29 is 0 Å². The van der Waals surface area contributed by atoms with Crippen LogP contribution in [0, 0.1) is 13.8 Å². The highest BCUT2D eigenvalue weighted by Gasteiger charge is 2.07. The van der Waals surface area contributed by atoms with Crippen molar-refractivity contribution in [2.45, 2.75) is 13.8 Å². The molecular formula is C15H15N3. The van der Waals surface area contributed by atoms with Gasteiger partial charge in [-0.15, -0.1) is 0 Å². The van der Waals surface area contributed by atoms with Gasteiger partial charge in [-0.2, -0.15) is 0 Å². The number of benzene rings is 2. The third kappa shape index (κ3) is 1.64. The van der Waals surface area contributed by atoms with Crippen molar-refractivity contribution in [1.29, 1.82) is 0 Å². The third-order valence-electron chi connectivity index (χ3n) is 3.20. The van der Waals surface area contributed by atoms with E-state index in [0.29, 0.717) is 0 Å². The number of imidazole rings is 1. The Balaban J connectivity index is 2.28. The molecule has 0 amide bonds. The van der Waals surface area contributed by atoms with Crippen LogP contribution in [0.15, 0.2) is 42.7 Å². The van der Waals surface area contributed by atoms with Crippen LogP contribution < -0.4 is 5.73 Å². The Hall–Kier alpha value is -2.29. The number of aryl methyl sites for hydroxylation is 2. The van der Waals surface area contributed by atoms with E-state index in [1.165, 1.54) is 16.8 Å². The van der Waals surface area contributed by atoms with Crippen molar-refractivity contribution in [3.8, 4) is 5.69 Å². The molecule has 0 fully saturated rings. The molecule has 0 unspecified atom stereocenters. The molecule has 3 aromatic rings. The van der Waals surface area contributed by atoms with E-state index in [2.05, 4.69) is 41.6 Å². The third-order valence-corrected chi connectivity index (χ3v) is 3.20. The second kappa shape index (κ2) is 3.88. The molecule has 3 heteroatoms. The van der Waals surface area contributed by atoms with Gasteiger partial charge in [0.2, 0.25) is 0 Å². The standard InChI is InChI=1S/C15H15N3/c1-10-3-4-11(2)15(7-10)18-9-17-13-8-12(16)5-6-14(13)18/h3-9H,16H2,1-2H3. The molecular weight excluding hydrogens is 222 g/mol. The van der Waals surface area contributed by atoms with E-state index in [0.717, 1.165) is 16.7 Å². The highest BCUT2D eigenvalue weighted by atomic mass is 15.0. The Kier molecular flexibility index (Phi) is 2.33. The Bertz CT molecular complexity index is 726. The average molecular weight is 237 g/mol. The van der Waals surface area contributed by atoms with Crippen LogP contribution in [0.2, 0.25) is 0 Å². The Morgan fingerprint density at radius 3 is 2.72 bits per heavy atom. The van der Waals surface area contributed by atoms with Gasteiger partial charge in [-0.1, -0.05) is 12.1 Å². The first-order chi connectivity index (χ1) is 8.65. The van der Waals surface area contributed by atoms with Gasteiger partial charge in [0.15, 0.2) is 0 Å². The second-order valence-electron chi connectivity index (χ2n) is 4.65. The highest BCUT2D eigenvalue weighted by molar-refractivity contribution is 5.81. The fourth-order valence-electron chi connectivity index (χ4n) is 2.20. The van der Waals surface area contributed by atoms with Gasteiger partial charge in [0.1, 0.15) is 6.33 Å². The van der Waals surface area contributed by atoms with Crippen molar-refractivity contribution in [2.24, 2.45) is 0 Å². The number of nitrogens with two attached hydrogens (primary N) is 1. The largest absolute Gasteiger partial charge is 0.399 e. The molecule has 0 saturated carbocycles. The molecule has 3 nitrogen and oxygen atoms in total. The minimum Gasteiger partial charge on any atom is -0.399 e. The van der Waals surface area contributed by atoms with Gasteiger partial charge in [-0.25, -0.2) is 4.98 Å². The smallest absolute Gasteiger partial charge is 0.100 e. The molecule has 0 atom stereocenters. The van der Waals surface area contributed by atoms with Gasteiger partial charge in [-0.3, -0.25) is 4.57 Å². The SMILES string of the molecule is Cc1ccc(C)c(-n2cnc3cc(N)ccc32)c1. The van der Waals surface area contributed by atoms with E-state index in [9.17, 15) is 0 Å². The summed E-state index contributed by atoms with van der Waals surface area (Å²) in [6.45, 7) is 4.21. The Labute approximate surface area is 106 Å². The maximum Gasteiger partial charge on any atom is 0.100 e. The lowest BCUT2D eigenvalue weighted by Crippen LogP contribution is -1.96. The molecule has 0 spiro atoms. The molecule has 0 bridgehead atoms. The van der Waals surface area contributed by atoms with Crippen LogP contribution in [-0.2, 0) is 0 Å². The van der Waals surface area contributed by atoms with Crippen LogP contribution in [0.5, 0.6) is 0 Å². The summed E-state index contributed by atoms with van der Waals surface area (Å²) < 4.78 is 2.11. The minimum atomic E-state index is 0.744. The lowest BCUT2D eigenvalue weighted by Gasteiger charge is -2.09. The van der Waals surface area contributed by atoms with Gasteiger partial charge < -0.3 is 5.73 Å². The maximum absolute atomic E-state index is 5.78. The molecule has 1 aromatic heterocycles. The summed E-state index contributed by atoms with van der Waals surface area (Å²) >= 11 is 0. The number of aromatic nitrogens is 2. The summed E-state index contributed by atoms with van der Waals surface area (Å²) in [5, 5.41) is 0. The van der Waals surface area contributed by atoms with Crippen molar-refractivity contribution in [3.63, 3.8) is 0 Å². The van der Waals surface area contributed by atoms with E-state index in [1.54, 1.807) is 0 Å². The van der Waals surface area contributed by atoms with E-state index in [4.69, 9.17) is 5.73 Å². The van der Waals surface area contributed by atoms with Gasteiger partial charge in [0.05, 0.1) is 16.7 Å². The molecule has 2 aromatic carbocycles. The zero-order valence-corrected chi connectivity index (χ0v) is 10.5. The molecule has 18 heavy (non-hydrogen) atoms. The molecule has 0 saturated heterocycles. The summed E-state index contributed by atoms with van der Waals surface area (Å²) in [7, 11) is 0. The lowest BCUT2D eigenvalue weighted by atomic mass is 10.1. The quantitative estimate of drug-likeness (QED) is 0.660. The normalized spacial score (nSPS) is 11.0. The number of nitrogens with zero attached hydrogens (tertiary/aromatic N) is 2. The molecule has 1 heterocycles. The first kappa shape index (κ1) is 10.8. The number of fused-ring (bicyclic) bond motifs is 1. The van der Waals surface area contributed by atoms with E-state index >= 15 is 0 Å². The molecule has 0 aliphatic carbocycles. The average Bonchev–Trinajstić information content (AvgIpc) is 2.75. The van der Waals surface area contributed by atoms with Crippen LogP contribution in [0.3, 0.4) is 0 Å². The zero-order chi connectivity index (χ0) is 12.7. The van der Waals surface area contributed by atoms with Crippen LogP contribution >= 0.6 is 0 Å². The maximum atomic E-state index is 5.78. The molecule has 0 aliphatic heterocycles. The predicted octanol–water partition coefficient (Wildman–Crippen LogP) is 3.22. The van der Waals surface area contributed by atoms with Crippen molar-refractivity contribution in [2.75, 3.05) is 5.73 Å². The summed E-state index contributed by atoms with van der Waals surface area (Å²) in [5.41, 5.74) is 12.2. The van der Waals surface area contributed by atoms with Gasteiger partial charge >= 0.3 is 0 Å². The number of rotatable bonds is 1.